The molecule has 1 aliphatic carbocycles. The van der Waals surface area contributed by atoms with E-state index in [2.05, 4.69) is 28.7 Å². The molecule has 2 aromatic rings. The molecule has 2 atom stereocenters. The lowest BCUT2D eigenvalue weighted by atomic mass is 9.97. The molecule has 0 saturated heterocycles. The Morgan fingerprint density at radius 1 is 1.27 bits per heavy atom. The lowest BCUT2D eigenvalue weighted by Gasteiger charge is -2.20. The molecular formula is C18H24N2O2. The van der Waals surface area contributed by atoms with E-state index >= 15 is 0 Å². The Bertz CT molecular complexity index is 591. The first-order chi connectivity index (χ1) is 10.7. The zero-order valence-electron chi connectivity index (χ0n) is 13.3. The minimum atomic E-state index is 0.563. The number of nitrogens with one attached hydrogen (secondary N) is 1. The number of aromatic nitrogens is 1. The summed E-state index contributed by atoms with van der Waals surface area (Å²) in [5.74, 6) is 2.56. The van der Waals surface area contributed by atoms with Crippen LogP contribution in [0.3, 0.4) is 0 Å². The second kappa shape index (κ2) is 6.97. The molecule has 1 N–H and O–H groups in total. The van der Waals surface area contributed by atoms with Gasteiger partial charge in [-0.25, -0.2) is 0 Å². The summed E-state index contributed by atoms with van der Waals surface area (Å²) in [7, 11) is 1.70. The van der Waals surface area contributed by atoms with Crippen LogP contribution in [0.4, 0.5) is 0 Å². The van der Waals surface area contributed by atoms with Crippen molar-refractivity contribution in [3.05, 3.63) is 47.3 Å². The molecule has 0 aliphatic heterocycles. The first-order valence-electron chi connectivity index (χ1n) is 8.03. The van der Waals surface area contributed by atoms with Gasteiger partial charge in [0.15, 0.2) is 0 Å². The van der Waals surface area contributed by atoms with Crippen LogP contribution in [-0.4, -0.2) is 18.3 Å². The fourth-order valence-electron chi connectivity index (χ4n) is 3.31. The normalized spacial score (nSPS) is 21.2. The minimum Gasteiger partial charge on any atom is -0.497 e. The highest BCUT2D eigenvalue weighted by Gasteiger charge is 2.28. The Morgan fingerprint density at radius 2 is 2.09 bits per heavy atom. The van der Waals surface area contributed by atoms with Crippen LogP contribution in [0.25, 0.3) is 0 Å². The smallest absolute Gasteiger partial charge is 0.137 e. The minimum absolute atomic E-state index is 0.563. The summed E-state index contributed by atoms with van der Waals surface area (Å²) in [5, 5.41) is 7.70. The summed E-state index contributed by atoms with van der Waals surface area (Å²) in [4.78, 5) is 0. The molecule has 0 amide bonds. The molecule has 1 aromatic carbocycles. The van der Waals surface area contributed by atoms with E-state index in [1.54, 1.807) is 7.11 Å². The molecule has 0 bridgehead atoms. The van der Waals surface area contributed by atoms with E-state index in [-0.39, 0.29) is 0 Å². The maximum Gasteiger partial charge on any atom is 0.137 e. The fourth-order valence-corrected chi connectivity index (χ4v) is 3.31. The van der Waals surface area contributed by atoms with Crippen LogP contribution in [0.1, 0.15) is 36.3 Å². The van der Waals surface area contributed by atoms with Crippen molar-refractivity contribution in [2.45, 2.75) is 45.2 Å². The van der Waals surface area contributed by atoms with Crippen LogP contribution in [0.2, 0.25) is 0 Å². The van der Waals surface area contributed by atoms with E-state index in [1.165, 1.54) is 24.8 Å². The van der Waals surface area contributed by atoms with Gasteiger partial charge < -0.3 is 14.6 Å². The first-order valence-corrected chi connectivity index (χ1v) is 8.03. The Kier molecular flexibility index (Phi) is 4.78. The highest BCUT2D eigenvalue weighted by atomic mass is 16.5. The Hall–Kier alpha value is -1.81. The zero-order chi connectivity index (χ0) is 15.4. The molecule has 3 rings (SSSR count). The van der Waals surface area contributed by atoms with E-state index in [9.17, 15) is 0 Å². The molecule has 1 saturated carbocycles. The molecular weight excluding hydrogens is 276 g/mol. The quantitative estimate of drug-likeness (QED) is 0.887. The van der Waals surface area contributed by atoms with E-state index in [1.807, 2.05) is 19.1 Å². The molecule has 4 nitrogen and oxygen atoms in total. The maximum atomic E-state index is 5.37. The third kappa shape index (κ3) is 3.69. The molecule has 1 fully saturated rings. The molecule has 0 spiro atoms. The van der Waals surface area contributed by atoms with Crippen molar-refractivity contribution in [1.82, 2.24) is 10.5 Å². The molecule has 0 unspecified atom stereocenters. The van der Waals surface area contributed by atoms with Gasteiger partial charge in [-0.3, -0.25) is 0 Å². The van der Waals surface area contributed by atoms with Gasteiger partial charge in [0.25, 0.3) is 0 Å². The van der Waals surface area contributed by atoms with E-state index < -0.39 is 0 Å². The highest BCUT2D eigenvalue weighted by Crippen LogP contribution is 2.29. The number of benzene rings is 1. The molecule has 4 heteroatoms. The van der Waals surface area contributed by atoms with Gasteiger partial charge in [0.2, 0.25) is 0 Å². The topological polar surface area (TPSA) is 47.3 Å². The largest absolute Gasteiger partial charge is 0.497 e. The Labute approximate surface area is 131 Å². The van der Waals surface area contributed by atoms with E-state index in [0.29, 0.717) is 12.0 Å². The Morgan fingerprint density at radius 3 is 2.77 bits per heavy atom. The molecule has 118 valence electrons. The van der Waals surface area contributed by atoms with Crippen molar-refractivity contribution in [2.75, 3.05) is 7.11 Å². The maximum absolute atomic E-state index is 5.37. The van der Waals surface area contributed by atoms with Crippen LogP contribution in [0.5, 0.6) is 5.75 Å². The fraction of sp³-hybridized carbons (Fsp3) is 0.500. The lowest BCUT2D eigenvalue weighted by Crippen LogP contribution is -2.32. The van der Waals surface area contributed by atoms with Crippen molar-refractivity contribution in [3.8, 4) is 5.75 Å². The van der Waals surface area contributed by atoms with Crippen molar-refractivity contribution in [1.29, 1.82) is 0 Å². The van der Waals surface area contributed by atoms with E-state index in [0.717, 1.165) is 30.2 Å². The average Bonchev–Trinajstić information content (AvgIpc) is 3.15. The Balaban J connectivity index is 1.54. The molecule has 0 radical (unpaired) electrons. The van der Waals surface area contributed by atoms with Gasteiger partial charge in [-0.15, -0.1) is 0 Å². The number of hydrogen-bond donors (Lipinski definition) is 1. The highest BCUT2D eigenvalue weighted by molar-refractivity contribution is 5.27. The van der Waals surface area contributed by atoms with Crippen LogP contribution in [0.15, 0.2) is 34.9 Å². The summed E-state index contributed by atoms with van der Waals surface area (Å²) in [6, 6.07) is 10.9. The number of aryl methyl sites for hydroxylation is 1. The standard InChI is InChI=1S/C18H24N2O2/c1-13-10-17(22-20-13)11-15-4-3-5-18(15)19-12-14-6-8-16(21-2)9-7-14/h6-10,15,18-19H,3-5,11-12H2,1-2H3/t15-,18+/m0/s1. The van der Waals surface area contributed by atoms with Crippen molar-refractivity contribution in [2.24, 2.45) is 5.92 Å². The summed E-state index contributed by atoms with van der Waals surface area (Å²) in [6.45, 7) is 2.88. The third-order valence-corrected chi connectivity index (χ3v) is 4.53. The third-order valence-electron chi connectivity index (χ3n) is 4.53. The van der Waals surface area contributed by atoms with Gasteiger partial charge in [-0.05, 0) is 43.4 Å². The molecule has 1 aromatic heterocycles. The predicted octanol–water partition coefficient (Wildman–Crippen LogP) is 3.49. The monoisotopic (exact) mass is 300 g/mol. The van der Waals surface area contributed by atoms with Crippen LogP contribution in [-0.2, 0) is 13.0 Å². The van der Waals surface area contributed by atoms with Gasteiger partial charge in [0.05, 0.1) is 12.8 Å². The summed E-state index contributed by atoms with van der Waals surface area (Å²) >= 11 is 0. The molecule has 22 heavy (non-hydrogen) atoms. The summed E-state index contributed by atoms with van der Waals surface area (Å²) in [5.41, 5.74) is 2.26. The van der Waals surface area contributed by atoms with Crippen LogP contribution < -0.4 is 10.1 Å². The second-order valence-electron chi connectivity index (χ2n) is 6.17. The van der Waals surface area contributed by atoms with Crippen molar-refractivity contribution in [3.63, 3.8) is 0 Å². The van der Waals surface area contributed by atoms with Crippen LogP contribution >= 0.6 is 0 Å². The van der Waals surface area contributed by atoms with E-state index in [4.69, 9.17) is 9.26 Å². The first kappa shape index (κ1) is 15.1. The zero-order valence-corrected chi connectivity index (χ0v) is 13.3. The lowest BCUT2D eigenvalue weighted by molar-refractivity contribution is 0.329. The second-order valence-corrected chi connectivity index (χ2v) is 6.17. The van der Waals surface area contributed by atoms with Gasteiger partial charge in [-0.2, -0.15) is 0 Å². The van der Waals surface area contributed by atoms with Gasteiger partial charge >= 0.3 is 0 Å². The van der Waals surface area contributed by atoms with Crippen molar-refractivity contribution < 1.29 is 9.26 Å². The number of hydrogen-bond acceptors (Lipinski definition) is 4. The average molecular weight is 300 g/mol. The van der Waals surface area contributed by atoms with Crippen LogP contribution in [0, 0.1) is 12.8 Å². The van der Waals surface area contributed by atoms with Gasteiger partial charge in [0, 0.05) is 25.1 Å². The number of methoxy groups -OCH3 is 1. The molecule has 1 heterocycles. The number of rotatable bonds is 6. The number of ether oxygens (including phenoxy) is 1. The molecule has 1 aliphatic rings. The van der Waals surface area contributed by atoms with Gasteiger partial charge in [0.1, 0.15) is 11.5 Å². The van der Waals surface area contributed by atoms with Crippen molar-refractivity contribution >= 4 is 0 Å². The predicted molar refractivity (Wildman–Crippen MR) is 85.9 cm³/mol. The summed E-state index contributed by atoms with van der Waals surface area (Å²) < 4.78 is 10.6. The van der Waals surface area contributed by atoms with Gasteiger partial charge in [-0.1, -0.05) is 23.7 Å². The summed E-state index contributed by atoms with van der Waals surface area (Å²) in [6.07, 6.45) is 4.78. The number of nitrogens with zero attached hydrogens (tertiary/aromatic N) is 1. The SMILES string of the molecule is COc1ccc(CN[C@@H]2CCC[C@H]2Cc2cc(C)no2)cc1.